The van der Waals surface area contributed by atoms with Crippen molar-refractivity contribution in [2.75, 3.05) is 13.2 Å². The van der Waals surface area contributed by atoms with Gasteiger partial charge in [-0.05, 0) is 18.6 Å². The van der Waals surface area contributed by atoms with Crippen LogP contribution >= 0.6 is 11.6 Å². The molecule has 1 aliphatic rings. The smallest absolute Gasteiger partial charge is 0.339 e. The summed E-state index contributed by atoms with van der Waals surface area (Å²) < 4.78 is 6.84. The van der Waals surface area contributed by atoms with Crippen molar-refractivity contribution in [3.8, 4) is 5.69 Å². The van der Waals surface area contributed by atoms with Gasteiger partial charge >= 0.3 is 5.97 Å². The van der Waals surface area contributed by atoms with Gasteiger partial charge in [-0.15, -0.1) is 0 Å². The fourth-order valence-electron chi connectivity index (χ4n) is 2.36. The Morgan fingerprint density at radius 1 is 1.45 bits per heavy atom. The number of carboxylic acid groups (broad SMARTS) is 1. The Kier molecular flexibility index (Phi) is 3.46. The molecule has 1 N–H and O–H groups in total. The number of para-hydroxylation sites is 1. The monoisotopic (exact) mass is 292 g/mol. The number of aromatic nitrogens is 2. The predicted octanol–water partition coefficient (Wildman–Crippen LogP) is 2.73. The molecule has 1 fully saturated rings. The van der Waals surface area contributed by atoms with Crippen LogP contribution in [0.25, 0.3) is 5.69 Å². The predicted molar refractivity (Wildman–Crippen MR) is 73.7 cm³/mol. The summed E-state index contributed by atoms with van der Waals surface area (Å²) in [5.74, 6) is -0.949. The average Bonchev–Trinajstić information content (AvgIpc) is 3.08. The third-order valence-electron chi connectivity index (χ3n) is 3.39. The fraction of sp³-hybridized carbons (Fsp3) is 0.286. The number of ether oxygens (including phenoxy) is 1. The molecule has 0 saturated carbocycles. The number of benzene rings is 1. The molecule has 20 heavy (non-hydrogen) atoms. The van der Waals surface area contributed by atoms with Crippen LogP contribution in [0.5, 0.6) is 0 Å². The molecular formula is C14H13ClN2O3. The van der Waals surface area contributed by atoms with Gasteiger partial charge in [0, 0.05) is 18.7 Å². The summed E-state index contributed by atoms with van der Waals surface area (Å²) in [7, 11) is 0. The van der Waals surface area contributed by atoms with E-state index in [1.165, 1.54) is 10.9 Å². The Hall–Kier alpha value is -1.85. The number of nitrogens with zero attached hydrogens (tertiary/aromatic N) is 2. The van der Waals surface area contributed by atoms with Crippen LogP contribution in [0, 0.1) is 0 Å². The van der Waals surface area contributed by atoms with Crippen molar-refractivity contribution in [1.29, 1.82) is 0 Å². The fourth-order valence-corrected chi connectivity index (χ4v) is 2.59. The molecule has 5 nitrogen and oxygen atoms in total. The van der Waals surface area contributed by atoms with E-state index in [0.29, 0.717) is 29.6 Å². The van der Waals surface area contributed by atoms with Crippen molar-refractivity contribution in [3.63, 3.8) is 0 Å². The van der Waals surface area contributed by atoms with Gasteiger partial charge in [0.15, 0.2) is 0 Å². The first-order valence-electron chi connectivity index (χ1n) is 6.32. The Labute approximate surface area is 120 Å². The summed E-state index contributed by atoms with van der Waals surface area (Å²) in [5.41, 5.74) is 1.44. The van der Waals surface area contributed by atoms with E-state index in [1.54, 1.807) is 12.1 Å². The molecule has 3 rings (SSSR count). The van der Waals surface area contributed by atoms with Crippen LogP contribution in [0.15, 0.2) is 30.5 Å². The highest BCUT2D eigenvalue weighted by Crippen LogP contribution is 2.29. The van der Waals surface area contributed by atoms with Gasteiger partial charge in [-0.1, -0.05) is 23.7 Å². The first-order valence-corrected chi connectivity index (χ1v) is 6.70. The van der Waals surface area contributed by atoms with Crippen LogP contribution in [0.2, 0.25) is 5.02 Å². The summed E-state index contributed by atoms with van der Waals surface area (Å²) in [6.07, 6.45) is 2.30. The third-order valence-corrected chi connectivity index (χ3v) is 3.71. The minimum absolute atomic E-state index is 0.0323. The highest BCUT2D eigenvalue weighted by Gasteiger charge is 2.27. The maximum Gasteiger partial charge on any atom is 0.339 e. The van der Waals surface area contributed by atoms with Crippen molar-refractivity contribution in [1.82, 2.24) is 9.78 Å². The first-order chi connectivity index (χ1) is 9.66. The van der Waals surface area contributed by atoms with Gasteiger partial charge in [0.2, 0.25) is 0 Å². The zero-order chi connectivity index (χ0) is 14.1. The molecule has 0 spiro atoms. The van der Waals surface area contributed by atoms with Crippen LogP contribution in [0.3, 0.4) is 0 Å². The van der Waals surface area contributed by atoms with E-state index >= 15 is 0 Å². The minimum Gasteiger partial charge on any atom is -0.478 e. The van der Waals surface area contributed by atoms with Crippen molar-refractivity contribution in [2.24, 2.45) is 0 Å². The second kappa shape index (κ2) is 5.26. The van der Waals surface area contributed by atoms with E-state index in [0.717, 1.165) is 6.42 Å². The number of hydrogen-bond acceptors (Lipinski definition) is 3. The highest BCUT2D eigenvalue weighted by atomic mass is 35.5. The summed E-state index contributed by atoms with van der Waals surface area (Å²) in [5, 5.41) is 14.3. The van der Waals surface area contributed by atoms with Gasteiger partial charge in [-0.2, -0.15) is 5.10 Å². The van der Waals surface area contributed by atoms with Crippen molar-refractivity contribution < 1.29 is 14.6 Å². The standard InChI is InChI=1S/C14H13ClN2O3/c15-11-3-1-2-4-12(11)17-7-10(14(18)19)13(16-17)9-5-6-20-8-9/h1-4,7,9H,5-6,8H2,(H,18,19). The molecule has 0 bridgehead atoms. The quantitative estimate of drug-likeness (QED) is 0.945. The number of hydrogen-bond donors (Lipinski definition) is 1. The summed E-state index contributed by atoms with van der Waals surface area (Å²) in [6.45, 7) is 1.16. The van der Waals surface area contributed by atoms with Crippen LogP contribution in [0.1, 0.15) is 28.4 Å². The Bertz CT molecular complexity index is 648. The number of aromatic carboxylic acids is 1. The molecule has 104 valence electrons. The number of carboxylic acids is 1. The SMILES string of the molecule is O=C(O)c1cn(-c2ccccc2Cl)nc1C1CCOC1. The van der Waals surface area contributed by atoms with Gasteiger partial charge in [0.25, 0.3) is 0 Å². The van der Waals surface area contributed by atoms with Crippen LogP contribution in [-0.4, -0.2) is 34.1 Å². The molecular weight excluding hydrogens is 280 g/mol. The topological polar surface area (TPSA) is 64.3 Å². The highest BCUT2D eigenvalue weighted by molar-refractivity contribution is 6.32. The summed E-state index contributed by atoms with van der Waals surface area (Å²) in [4.78, 5) is 11.4. The summed E-state index contributed by atoms with van der Waals surface area (Å²) >= 11 is 6.13. The van der Waals surface area contributed by atoms with Gasteiger partial charge in [0.05, 0.1) is 23.0 Å². The normalized spacial score (nSPS) is 18.4. The second-order valence-corrected chi connectivity index (χ2v) is 5.10. The molecule has 1 atom stereocenters. The van der Waals surface area contributed by atoms with E-state index in [1.807, 2.05) is 12.1 Å². The molecule has 6 heteroatoms. The number of halogens is 1. The molecule has 1 aromatic carbocycles. The molecule has 1 aliphatic heterocycles. The maximum atomic E-state index is 11.4. The van der Waals surface area contributed by atoms with Crippen LogP contribution < -0.4 is 0 Å². The lowest BCUT2D eigenvalue weighted by Gasteiger charge is -2.05. The Morgan fingerprint density at radius 2 is 2.25 bits per heavy atom. The van der Waals surface area contributed by atoms with E-state index in [9.17, 15) is 9.90 Å². The Balaban J connectivity index is 2.07. The maximum absolute atomic E-state index is 11.4. The van der Waals surface area contributed by atoms with Crippen LogP contribution in [-0.2, 0) is 4.74 Å². The number of carbonyl (C=O) groups is 1. The lowest BCUT2D eigenvalue weighted by atomic mass is 10.0. The molecule has 2 aromatic rings. The molecule has 1 aromatic heterocycles. The number of rotatable bonds is 3. The zero-order valence-corrected chi connectivity index (χ0v) is 11.4. The lowest BCUT2D eigenvalue weighted by molar-refractivity contribution is 0.0695. The first kappa shape index (κ1) is 13.1. The van der Waals surface area contributed by atoms with Crippen molar-refractivity contribution in [3.05, 3.63) is 46.7 Å². The molecule has 0 amide bonds. The Morgan fingerprint density at radius 3 is 2.90 bits per heavy atom. The summed E-state index contributed by atoms with van der Waals surface area (Å²) in [6, 6.07) is 7.20. The molecule has 0 radical (unpaired) electrons. The zero-order valence-electron chi connectivity index (χ0n) is 10.6. The van der Waals surface area contributed by atoms with E-state index < -0.39 is 5.97 Å². The largest absolute Gasteiger partial charge is 0.478 e. The van der Waals surface area contributed by atoms with E-state index in [2.05, 4.69) is 5.10 Å². The van der Waals surface area contributed by atoms with Crippen LogP contribution in [0.4, 0.5) is 0 Å². The minimum atomic E-state index is -0.981. The van der Waals surface area contributed by atoms with Gasteiger partial charge in [-0.3, -0.25) is 0 Å². The second-order valence-electron chi connectivity index (χ2n) is 4.69. The van der Waals surface area contributed by atoms with E-state index in [4.69, 9.17) is 16.3 Å². The average molecular weight is 293 g/mol. The molecule has 2 heterocycles. The molecule has 0 aliphatic carbocycles. The third kappa shape index (κ3) is 2.30. The van der Waals surface area contributed by atoms with Crippen molar-refractivity contribution in [2.45, 2.75) is 12.3 Å². The van der Waals surface area contributed by atoms with Crippen molar-refractivity contribution >= 4 is 17.6 Å². The van der Waals surface area contributed by atoms with E-state index in [-0.39, 0.29) is 11.5 Å². The van der Waals surface area contributed by atoms with Gasteiger partial charge in [-0.25, -0.2) is 9.48 Å². The van der Waals surface area contributed by atoms with Gasteiger partial charge in [0.1, 0.15) is 5.56 Å². The molecule has 1 saturated heterocycles. The van der Waals surface area contributed by atoms with Gasteiger partial charge < -0.3 is 9.84 Å². The lowest BCUT2D eigenvalue weighted by Crippen LogP contribution is -2.06. The molecule has 1 unspecified atom stereocenters.